The molecule has 23 nitrogen and oxygen atoms in total. The molecule has 474 valence electrons. The SMILES string of the molecule is COc1c(O)c(C)c(O)c(C=O)c1O.COc1cc(C)c(O)c(C=O)c1.COc1cc(C=O)c(C)cc1O.COc1cc(O)c(C)cc1O.COc1ccc(C)c(O)c1O.Cc1cccc(C=O)c1O.Cc1ccccc1C=O.O=Cc1cccc(O)c1O. The zero-order valence-electron chi connectivity index (χ0n) is 50.7. The molecule has 0 fully saturated rings. The molecular weight excluding hydrogens is 1160 g/mol. The number of aryl methyl sites for hydroxylation is 6. The number of ether oxygens (including phenoxy) is 5. The molecule has 0 saturated carbocycles. The average Bonchev–Trinajstić information content (AvgIpc) is 1.90. The quantitative estimate of drug-likeness (QED) is 0.0325. The van der Waals surface area contributed by atoms with Crippen LogP contribution in [0.25, 0.3) is 0 Å². The fourth-order valence-electron chi connectivity index (χ4n) is 6.89. The summed E-state index contributed by atoms with van der Waals surface area (Å²) in [5.41, 5.74) is 6.19. The highest BCUT2D eigenvalue weighted by Crippen LogP contribution is 2.46. The second kappa shape index (κ2) is 37.6. The molecule has 0 aliphatic carbocycles. The standard InChI is InChI=1S/C9H10O5.2C9H10O3.2C8H10O3.C8H8O2.C8H8O.C7H6O3/c1-4-6(11)5(3-10)8(13)9(14-2)7(4)12;1-6-3-8(12-2)4-7(5-10)9(6)11;1-6-3-8(11)9(12-2)4-7(6)5-10;1-5-3-7(10)8(11-2)4-6(5)9;1-5-3-4-6(11-2)8(10)7(5)9;1-6-3-2-4-7(5-9)8(6)10;1-7-4-2-3-5-8(7)6-9;8-4-5-2-1-3-6(9)7(5)10/h3,11-13H,1-2H3;2*3-5,11H,1-2H3;2*3-4,9-10H,1-2H3;2-5,10H,1H3;2-6H,1H3;1-4,9-10H. The van der Waals surface area contributed by atoms with Crippen LogP contribution in [-0.2, 0) is 0 Å². The Labute approximate surface area is 513 Å². The van der Waals surface area contributed by atoms with Crippen LogP contribution in [0.3, 0.4) is 0 Å². The van der Waals surface area contributed by atoms with E-state index in [1.54, 1.807) is 71.0 Å². The van der Waals surface area contributed by atoms with Gasteiger partial charge in [-0.2, -0.15) is 0 Å². The van der Waals surface area contributed by atoms with Gasteiger partial charge in [-0.05, 0) is 136 Å². The summed E-state index contributed by atoms with van der Waals surface area (Å²) >= 11 is 0. The zero-order chi connectivity index (χ0) is 67.8. The molecule has 89 heavy (non-hydrogen) atoms. The Bertz CT molecular complexity index is 3630. The van der Waals surface area contributed by atoms with Crippen molar-refractivity contribution in [3.63, 3.8) is 0 Å². The maximum atomic E-state index is 10.5. The zero-order valence-corrected chi connectivity index (χ0v) is 50.7. The first-order valence-electron chi connectivity index (χ1n) is 25.8. The van der Waals surface area contributed by atoms with Crippen LogP contribution in [0.2, 0.25) is 0 Å². The van der Waals surface area contributed by atoms with E-state index in [1.807, 2.05) is 31.2 Å². The lowest BCUT2D eigenvalue weighted by molar-refractivity contribution is 0.111. The summed E-state index contributed by atoms with van der Waals surface area (Å²) in [6, 6.07) is 29.1. The van der Waals surface area contributed by atoms with Crippen molar-refractivity contribution in [2.75, 3.05) is 35.5 Å². The molecule has 0 bridgehead atoms. The second-order valence-corrected chi connectivity index (χ2v) is 18.3. The lowest BCUT2D eigenvalue weighted by atomic mass is 10.1. The fraction of sp³-hybridized carbons (Fsp3) is 0.182. The molecule has 0 radical (unpaired) electrons. The van der Waals surface area contributed by atoms with E-state index in [1.165, 1.54) is 91.0 Å². The topological polar surface area (TPSA) is 391 Å². The van der Waals surface area contributed by atoms with Gasteiger partial charge in [0.25, 0.3) is 0 Å². The highest BCUT2D eigenvalue weighted by molar-refractivity contribution is 5.88. The van der Waals surface area contributed by atoms with Crippen molar-refractivity contribution in [2.24, 2.45) is 0 Å². The molecule has 0 aliphatic rings. The highest BCUT2D eigenvalue weighted by Gasteiger charge is 2.21. The Morgan fingerprint density at radius 3 is 1.22 bits per heavy atom. The van der Waals surface area contributed by atoms with Crippen LogP contribution in [0.15, 0.2) is 109 Å². The van der Waals surface area contributed by atoms with Crippen LogP contribution in [0.5, 0.6) is 97.7 Å². The van der Waals surface area contributed by atoms with Crippen LogP contribution in [0.1, 0.15) is 101 Å². The number of carbonyl (C=O) groups is 6. The number of carbonyl (C=O) groups excluding carboxylic acids is 6. The van der Waals surface area contributed by atoms with Crippen molar-refractivity contribution >= 4 is 37.7 Å². The van der Waals surface area contributed by atoms with Gasteiger partial charge in [0.2, 0.25) is 11.5 Å². The maximum Gasteiger partial charge on any atom is 0.204 e. The summed E-state index contributed by atoms with van der Waals surface area (Å²) in [6.45, 7) is 11.9. The summed E-state index contributed by atoms with van der Waals surface area (Å²) < 4.78 is 24.0. The van der Waals surface area contributed by atoms with E-state index in [-0.39, 0.29) is 97.0 Å². The minimum atomic E-state index is -0.567. The number of rotatable bonds is 11. The molecule has 0 atom stereocenters. The van der Waals surface area contributed by atoms with Gasteiger partial charge in [0.15, 0.2) is 82.6 Å². The van der Waals surface area contributed by atoms with Gasteiger partial charge in [-0.15, -0.1) is 0 Å². The average molecular weight is 1230 g/mol. The van der Waals surface area contributed by atoms with E-state index in [0.29, 0.717) is 64.5 Å². The van der Waals surface area contributed by atoms with Gasteiger partial charge >= 0.3 is 0 Å². The van der Waals surface area contributed by atoms with E-state index >= 15 is 0 Å². The van der Waals surface area contributed by atoms with Gasteiger partial charge in [-0.1, -0.05) is 48.5 Å². The molecule has 8 aromatic rings. The predicted octanol–water partition coefficient (Wildman–Crippen LogP) is 11.0. The minimum absolute atomic E-state index is 0.0193. The number of hydrogen-bond donors (Lipinski definition) is 12. The Morgan fingerprint density at radius 1 is 0.281 bits per heavy atom. The summed E-state index contributed by atoms with van der Waals surface area (Å²) in [5, 5.41) is 110. The van der Waals surface area contributed by atoms with Crippen molar-refractivity contribution in [2.45, 2.75) is 48.5 Å². The van der Waals surface area contributed by atoms with E-state index in [2.05, 4.69) is 4.74 Å². The number of methoxy groups -OCH3 is 5. The third-order valence-electron chi connectivity index (χ3n) is 12.3. The molecule has 0 saturated heterocycles. The lowest BCUT2D eigenvalue weighted by Gasteiger charge is -2.12. The third-order valence-corrected chi connectivity index (χ3v) is 12.3. The summed E-state index contributed by atoms with van der Waals surface area (Å²) in [6.07, 6.45) is 3.62. The molecule has 0 aliphatic heterocycles. The number of hydrogen-bond acceptors (Lipinski definition) is 23. The number of phenols is 12. The van der Waals surface area contributed by atoms with Gasteiger partial charge in [0, 0.05) is 22.8 Å². The molecule has 12 N–H and O–H groups in total. The number of phenolic OH excluding ortho intramolecular Hbond substituents is 12. The molecule has 8 aromatic carbocycles. The van der Waals surface area contributed by atoms with Crippen LogP contribution in [0, 0.1) is 48.5 Å². The minimum Gasteiger partial charge on any atom is -0.508 e. The lowest BCUT2D eigenvalue weighted by Crippen LogP contribution is -1.93. The first-order chi connectivity index (χ1) is 42.1. The van der Waals surface area contributed by atoms with Crippen molar-refractivity contribution < 1.29 is 114 Å². The molecule has 23 heteroatoms. The van der Waals surface area contributed by atoms with Crippen LogP contribution >= 0.6 is 0 Å². The van der Waals surface area contributed by atoms with Crippen molar-refractivity contribution in [1.82, 2.24) is 0 Å². The summed E-state index contributed by atoms with van der Waals surface area (Å²) in [4.78, 5) is 62.0. The Kier molecular flexibility index (Phi) is 31.9. The number of aldehydes is 6. The first kappa shape index (κ1) is 75.4. The smallest absolute Gasteiger partial charge is 0.204 e. The van der Waals surface area contributed by atoms with Crippen molar-refractivity contribution in [3.8, 4) is 97.7 Å². The Hall–Kier alpha value is -11.6. The molecule has 0 aromatic heterocycles. The Balaban J connectivity index is 0.000000510. The number of para-hydroxylation sites is 2. The largest absolute Gasteiger partial charge is 0.508 e. The van der Waals surface area contributed by atoms with Gasteiger partial charge in [-0.25, -0.2) is 0 Å². The van der Waals surface area contributed by atoms with Gasteiger partial charge in [0.05, 0.1) is 52.2 Å². The van der Waals surface area contributed by atoms with E-state index in [4.69, 9.17) is 39.4 Å². The van der Waals surface area contributed by atoms with Crippen LogP contribution in [-0.4, -0.2) is 135 Å². The van der Waals surface area contributed by atoms with Gasteiger partial charge in [0.1, 0.15) is 46.9 Å². The van der Waals surface area contributed by atoms with Crippen LogP contribution < -0.4 is 23.7 Å². The van der Waals surface area contributed by atoms with Crippen molar-refractivity contribution in [3.05, 3.63) is 182 Å². The predicted molar refractivity (Wildman–Crippen MR) is 330 cm³/mol. The summed E-state index contributed by atoms with van der Waals surface area (Å²) in [7, 11) is 7.06. The number of aromatic hydroxyl groups is 12. The molecule has 0 spiro atoms. The van der Waals surface area contributed by atoms with Gasteiger partial charge in [-0.3, -0.25) is 28.8 Å². The molecule has 0 unspecified atom stereocenters. The van der Waals surface area contributed by atoms with Crippen LogP contribution in [0.4, 0.5) is 0 Å². The first-order valence-corrected chi connectivity index (χ1v) is 25.8. The molecule has 0 amide bonds. The fourth-order valence-corrected chi connectivity index (χ4v) is 6.89. The molecule has 0 heterocycles. The highest BCUT2D eigenvalue weighted by atomic mass is 16.5. The number of benzene rings is 8. The maximum absolute atomic E-state index is 10.5. The van der Waals surface area contributed by atoms with Crippen molar-refractivity contribution in [1.29, 1.82) is 0 Å². The van der Waals surface area contributed by atoms with E-state index in [0.717, 1.165) is 34.8 Å². The van der Waals surface area contributed by atoms with E-state index in [9.17, 15) is 69.6 Å². The Morgan fingerprint density at radius 2 is 0.753 bits per heavy atom. The summed E-state index contributed by atoms with van der Waals surface area (Å²) in [5.74, 6) is -0.781. The van der Waals surface area contributed by atoms with E-state index < -0.39 is 11.5 Å². The molecule has 8 rings (SSSR count). The van der Waals surface area contributed by atoms with Gasteiger partial charge < -0.3 is 85.0 Å². The third kappa shape index (κ3) is 22.1. The molecular formula is C66H72O23. The second-order valence-electron chi connectivity index (χ2n) is 18.3. The normalized spacial score (nSPS) is 9.48. The monoisotopic (exact) mass is 1230 g/mol.